The molecular formula is C16H15BrN2O3. The van der Waals surface area contributed by atoms with Crippen molar-refractivity contribution in [2.24, 2.45) is 5.10 Å². The molecule has 22 heavy (non-hydrogen) atoms. The van der Waals surface area contributed by atoms with Crippen LogP contribution in [0.5, 0.6) is 11.5 Å². The molecule has 0 aliphatic rings. The van der Waals surface area contributed by atoms with E-state index in [1.54, 1.807) is 19.4 Å². The van der Waals surface area contributed by atoms with Crippen LogP contribution in [0.4, 0.5) is 0 Å². The molecule has 5 nitrogen and oxygen atoms in total. The molecule has 0 saturated carbocycles. The Bertz CT molecular complexity index is 657. The molecule has 6 heteroatoms. The van der Waals surface area contributed by atoms with Gasteiger partial charge in [0.15, 0.2) is 6.61 Å². The number of halogens is 1. The van der Waals surface area contributed by atoms with Crippen molar-refractivity contribution in [2.45, 2.75) is 0 Å². The van der Waals surface area contributed by atoms with E-state index < -0.39 is 0 Å². The Hall–Kier alpha value is -2.34. The highest BCUT2D eigenvalue weighted by atomic mass is 79.9. The Morgan fingerprint density at radius 3 is 2.64 bits per heavy atom. The minimum atomic E-state index is -0.333. The number of nitrogens with zero attached hydrogens (tertiary/aromatic N) is 1. The highest BCUT2D eigenvalue weighted by molar-refractivity contribution is 9.10. The van der Waals surface area contributed by atoms with Gasteiger partial charge in [-0.15, -0.1) is 0 Å². The highest BCUT2D eigenvalue weighted by Gasteiger charge is 2.03. The molecule has 0 bridgehead atoms. The lowest BCUT2D eigenvalue weighted by Crippen LogP contribution is -2.24. The van der Waals surface area contributed by atoms with Gasteiger partial charge < -0.3 is 9.47 Å². The highest BCUT2D eigenvalue weighted by Crippen LogP contribution is 2.23. The van der Waals surface area contributed by atoms with Gasteiger partial charge in [0.25, 0.3) is 5.91 Å². The predicted molar refractivity (Wildman–Crippen MR) is 88.4 cm³/mol. The second kappa shape index (κ2) is 8.19. The summed E-state index contributed by atoms with van der Waals surface area (Å²) >= 11 is 3.34. The number of nitrogens with one attached hydrogen (secondary N) is 1. The van der Waals surface area contributed by atoms with Crippen LogP contribution in [0.15, 0.2) is 58.1 Å². The van der Waals surface area contributed by atoms with E-state index in [2.05, 4.69) is 26.5 Å². The van der Waals surface area contributed by atoms with Crippen LogP contribution in [0.25, 0.3) is 0 Å². The first kappa shape index (κ1) is 16.0. The Balaban J connectivity index is 1.79. The number of hydrogen-bond acceptors (Lipinski definition) is 4. The molecule has 0 spiro atoms. The van der Waals surface area contributed by atoms with Crippen molar-refractivity contribution in [2.75, 3.05) is 13.7 Å². The smallest absolute Gasteiger partial charge is 0.277 e. The molecule has 0 aliphatic heterocycles. The van der Waals surface area contributed by atoms with E-state index in [0.29, 0.717) is 5.75 Å². The predicted octanol–water partition coefficient (Wildman–Crippen LogP) is 2.99. The Labute approximate surface area is 137 Å². The Kier molecular flexibility index (Phi) is 5.97. The van der Waals surface area contributed by atoms with Crippen molar-refractivity contribution >= 4 is 28.1 Å². The molecule has 0 atom stereocenters. The number of rotatable bonds is 6. The zero-order chi connectivity index (χ0) is 15.8. The van der Waals surface area contributed by atoms with Crippen LogP contribution < -0.4 is 14.9 Å². The lowest BCUT2D eigenvalue weighted by Gasteiger charge is -2.06. The average molecular weight is 363 g/mol. The Morgan fingerprint density at radius 1 is 1.23 bits per heavy atom. The van der Waals surface area contributed by atoms with Crippen molar-refractivity contribution in [3.05, 3.63) is 58.6 Å². The summed E-state index contributed by atoms with van der Waals surface area (Å²) in [6.45, 7) is -0.109. The Morgan fingerprint density at radius 2 is 1.95 bits per heavy atom. The molecular weight excluding hydrogens is 348 g/mol. The van der Waals surface area contributed by atoms with Gasteiger partial charge in [0.1, 0.15) is 11.5 Å². The lowest BCUT2D eigenvalue weighted by atomic mass is 10.2. The fourth-order valence-corrected chi connectivity index (χ4v) is 2.01. The van der Waals surface area contributed by atoms with Crippen LogP contribution in [0.3, 0.4) is 0 Å². The maximum Gasteiger partial charge on any atom is 0.277 e. The summed E-state index contributed by atoms with van der Waals surface area (Å²) in [5.74, 6) is 1.04. The van der Waals surface area contributed by atoms with E-state index in [1.165, 1.54) is 0 Å². The second-order valence-corrected chi connectivity index (χ2v) is 5.14. The largest absolute Gasteiger partial charge is 0.497 e. The SMILES string of the molecule is COc1ccc(/C=N/NC(=O)COc2ccccc2Br)cc1. The topological polar surface area (TPSA) is 59.9 Å². The number of hydrogen-bond donors (Lipinski definition) is 1. The number of ether oxygens (including phenoxy) is 2. The second-order valence-electron chi connectivity index (χ2n) is 4.29. The molecule has 0 aromatic heterocycles. The third-order valence-corrected chi connectivity index (χ3v) is 3.37. The van der Waals surface area contributed by atoms with Crippen LogP contribution in [0, 0.1) is 0 Å². The maximum absolute atomic E-state index is 11.6. The van der Waals surface area contributed by atoms with E-state index in [1.807, 2.05) is 42.5 Å². The van der Waals surface area contributed by atoms with Gasteiger partial charge in [0.05, 0.1) is 17.8 Å². The molecule has 0 saturated heterocycles. The third kappa shape index (κ3) is 4.89. The first-order chi connectivity index (χ1) is 10.7. The van der Waals surface area contributed by atoms with Gasteiger partial charge in [0, 0.05) is 0 Å². The van der Waals surface area contributed by atoms with Gasteiger partial charge in [-0.3, -0.25) is 4.79 Å². The molecule has 1 N–H and O–H groups in total. The van der Waals surface area contributed by atoms with Gasteiger partial charge in [-0.1, -0.05) is 12.1 Å². The van der Waals surface area contributed by atoms with Gasteiger partial charge >= 0.3 is 0 Å². The molecule has 0 unspecified atom stereocenters. The van der Waals surface area contributed by atoms with Gasteiger partial charge in [-0.05, 0) is 57.9 Å². The molecule has 2 aromatic carbocycles. The standard InChI is InChI=1S/C16H15BrN2O3/c1-21-13-8-6-12(7-9-13)10-18-19-16(20)11-22-15-5-3-2-4-14(15)17/h2-10H,11H2,1H3,(H,19,20)/b18-10+. The fraction of sp³-hybridized carbons (Fsp3) is 0.125. The number of carbonyl (C=O) groups is 1. The number of methoxy groups -OCH3 is 1. The van der Waals surface area contributed by atoms with Crippen LogP contribution in [-0.2, 0) is 4.79 Å². The van der Waals surface area contributed by atoms with E-state index in [4.69, 9.17) is 9.47 Å². The summed E-state index contributed by atoms with van der Waals surface area (Å²) in [6.07, 6.45) is 1.55. The van der Waals surface area contributed by atoms with Crippen LogP contribution >= 0.6 is 15.9 Å². The van der Waals surface area contributed by atoms with Gasteiger partial charge in [0.2, 0.25) is 0 Å². The molecule has 2 rings (SSSR count). The van der Waals surface area contributed by atoms with Crippen LogP contribution in [0.1, 0.15) is 5.56 Å². The molecule has 2 aromatic rings. The first-order valence-electron chi connectivity index (χ1n) is 6.52. The number of hydrazone groups is 1. The normalized spacial score (nSPS) is 10.5. The van der Waals surface area contributed by atoms with E-state index in [0.717, 1.165) is 15.8 Å². The molecule has 0 aliphatic carbocycles. The van der Waals surface area contributed by atoms with Crippen LogP contribution in [-0.4, -0.2) is 25.8 Å². The van der Waals surface area contributed by atoms with E-state index in [9.17, 15) is 4.79 Å². The van der Waals surface area contributed by atoms with Crippen LogP contribution in [0.2, 0.25) is 0 Å². The fourth-order valence-electron chi connectivity index (χ4n) is 1.61. The van der Waals surface area contributed by atoms with Gasteiger partial charge in [-0.25, -0.2) is 5.43 Å². The lowest BCUT2D eigenvalue weighted by molar-refractivity contribution is -0.123. The zero-order valence-corrected chi connectivity index (χ0v) is 13.5. The summed E-state index contributed by atoms with van der Waals surface area (Å²) < 4.78 is 11.2. The maximum atomic E-state index is 11.6. The summed E-state index contributed by atoms with van der Waals surface area (Å²) in [7, 11) is 1.61. The monoisotopic (exact) mass is 362 g/mol. The summed E-state index contributed by atoms with van der Waals surface area (Å²) in [5, 5.41) is 3.87. The molecule has 114 valence electrons. The van der Waals surface area contributed by atoms with Crippen molar-refractivity contribution in [3.63, 3.8) is 0 Å². The quantitative estimate of drug-likeness (QED) is 0.634. The number of carbonyl (C=O) groups excluding carboxylic acids is 1. The number of para-hydroxylation sites is 1. The summed E-state index contributed by atoms with van der Waals surface area (Å²) in [5.41, 5.74) is 3.26. The minimum absolute atomic E-state index is 0.109. The van der Waals surface area contributed by atoms with Crippen molar-refractivity contribution in [1.29, 1.82) is 0 Å². The molecule has 0 radical (unpaired) electrons. The summed E-state index contributed by atoms with van der Waals surface area (Å²) in [6, 6.07) is 14.6. The number of amides is 1. The van der Waals surface area contributed by atoms with E-state index >= 15 is 0 Å². The minimum Gasteiger partial charge on any atom is -0.497 e. The van der Waals surface area contributed by atoms with Crippen molar-refractivity contribution in [1.82, 2.24) is 5.43 Å². The van der Waals surface area contributed by atoms with E-state index in [-0.39, 0.29) is 12.5 Å². The average Bonchev–Trinajstić information content (AvgIpc) is 2.55. The van der Waals surface area contributed by atoms with Crippen molar-refractivity contribution < 1.29 is 14.3 Å². The molecule has 0 heterocycles. The number of benzene rings is 2. The molecule has 1 amide bonds. The zero-order valence-electron chi connectivity index (χ0n) is 12.0. The third-order valence-electron chi connectivity index (χ3n) is 2.71. The first-order valence-corrected chi connectivity index (χ1v) is 7.31. The molecule has 0 fully saturated rings. The van der Waals surface area contributed by atoms with Gasteiger partial charge in [-0.2, -0.15) is 5.10 Å². The summed E-state index contributed by atoms with van der Waals surface area (Å²) in [4.78, 5) is 11.6. The van der Waals surface area contributed by atoms with Crippen molar-refractivity contribution in [3.8, 4) is 11.5 Å².